The third-order valence-corrected chi connectivity index (χ3v) is 5.70. The van der Waals surface area contributed by atoms with E-state index < -0.39 is 12.6 Å². The minimum atomic E-state index is -0.660. The highest BCUT2D eigenvalue weighted by Crippen LogP contribution is 2.22. The van der Waals surface area contributed by atoms with Crippen molar-refractivity contribution in [3.8, 4) is 5.75 Å². The molecule has 9 nitrogen and oxygen atoms in total. The summed E-state index contributed by atoms with van der Waals surface area (Å²) < 4.78 is 10.4. The Kier molecular flexibility index (Phi) is 6.96. The second-order valence-electron chi connectivity index (χ2n) is 8.18. The average Bonchev–Trinajstić information content (AvgIpc) is 2.88. The van der Waals surface area contributed by atoms with Gasteiger partial charge in [0.15, 0.2) is 6.61 Å². The molecule has 9 heteroatoms. The van der Waals surface area contributed by atoms with Crippen molar-refractivity contribution in [2.24, 2.45) is 0 Å². The Morgan fingerprint density at radius 1 is 0.971 bits per heavy atom. The highest BCUT2D eigenvalue weighted by molar-refractivity contribution is 6.01. The molecule has 1 aliphatic rings. The number of carbonyl (C=O) groups excluding carboxylic acids is 4. The molecule has 0 bridgehead atoms. The van der Waals surface area contributed by atoms with Crippen LogP contribution in [-0.2, 0) is 25.7 Å². The number of carbonyl (C=O) groups is 4. The number of nitrogens with one attached hydrogen (secondary N) is 1. The number of ether oxygens (including phenoxy) is 2. The van der Waals surface area contributed by atoms with E-state index in [1.807, 2.05) is 36.4 Å². The first-order valence-electron chi connectivity index (χ1n) is 11.0. The van der Waals surface area contributed by atoms with Gasteiger partial charge in [0.05, 0.1) is 18.4 Å². The van der Waals surface area contributed by atoms with Crippen LogP contribution in [0.5, 0.6) is 5.75 Å². The van der Waals surface area contributed by atoms with Crippen molar-refractivity contribution in [3.63, 3.8) is 0 Å². The molecular formula is C26H25N3O6. The zero-order valence-electron chi connectivity index (χ0n) is 19.4. The topological polar surface area (TPSA) is 105 Å². The number of hydrogen-bond donors (Lipinski definition) is 1. The molecule has 3 aromatic carbocycles. The quantitative estimate of drug-likeness (QED) is 0.527. The normalized spacial score (nSPS) is 13.4. The van der Waals surface area contributed by atoms with Crippen molar-refractivity contribution in [2.45, 2.75) is 19.4 Å². The number of rotatable bonds is 7. The summed E-state index contributed by atoms with van der Waals surface area (Å²) in [5.74, 6) is -0.710. The van der Waals surface area contributed by atoms with E-state index in [1.165, 1.54) is 29.2 Å². The van der Waals surface area contributed by atoms with E-state index in [9.17, 15) is 19.2 Å². The smallest absolute Gasteiger partial charge is 0.338 e. The van der Waals surface area contributed by atoms with Gasteiger partial charge in [-0.25, -0.2) is 9.80 Å². The Morgan fingerprint density at radius 3 is 2.43 bits per heavy atom. The Labute approximate surface area is 202 Å². The molecule has 1 saturated heterocycles. The van der Waals surface area contributed by atoms with Crippen LogP contribution in [0.25, 0.3) is 10.8 Å². The zero-order chi connectivity index (χ0) is 24.9. The number of anilines is 1. The van der Waals surface area contributed by atoms with Crippen molar-refractivity contribution < 1.29 is 28.7 Å². The van der Waals surface area contributed by atoms with Gasteiger partial charge in [-0.1, -0.05) is 18.2 Å². The van der Waals surface area contributed by atoms with Gasteiger partial charge in [-0.2, -0.15) is 0 Å². The molecule has 35 heavy (non-hydrogen) atoms. The van der Waals surface area contributed by atoms with Gasteiger partial charge >= 0.3 is 5.97 Å². The van der Waals surface area contributed by atoms with Gasteiger partial charge in [-0.3, -0.25) is 19.8 Å². The van der Waals surface area contributed by atoms with Crippen LogP contribution in [0, 0.1) is 0 Å². The third kappa shape index (κ3) is 5.57. The van der Waals surface area contributed by atoms with Gasteiger partial charge in [0.1, 0.15) is 5.75 Å². The molecule has 1 aliphatic heterocycles. The lowest BCUT2D eigenvalue weighted by Gasteiger charge is -2.27. The maximum atomic E-state index is 12.5. The summed E-state index contributed by atoms with van der Waals surface area (Å²) in [4.78, 5) is 49.9. The first kappa shape index (κ1) is 23.7. The van der Waals surface area contributed by atoms with E-state index in [0.29, 0.717) is 12.2 Å². The van der Waals surface area contributed by atoms with E-state index in [-0.39, 0.29) is 36.1 Å². The van der Waals surface area contributed by atoms with E-state index in [2.05, 4.69) is 5.43 Å². The molecule has 1 heterocycles. The fourth-order valence-electron chi connectivity index (χ4n) is 3.71. The molecule has 0 radical (unpaired) electrons. The Bertz CT molecular complexity index is 1290. The van der Waals surface area contributed by atoms with Crippen molar-refractivity contribution >= 4 is 40.2 Å². The van der Waals surface area contributed by atoms with Gasteiger partial charge in [-0.05, 0) is 58.8 Å². The molecule has 4 rings (SSSR count). The number of amides is 3. The van der Waals surface area contributed by atoms with Crippen LogP contribution in [0.4, 0.5) is 5.69 Å². The zero-order valence-corrected chi connectivity index (χ0v) is 19.4. The van der Waals surface area contributed by atoms with E-state index in [0.717, 1.165) is 27.1 Å². The van der Waals surface area contributed by atoms with Crippen LogP contribution in [0.15, 0.2) is 60.7 Å². The largest absolute Gasteiger partial charge is 0.497 e. The highest BCUT2D eigenvalue weighted by atomic mass is 16.5. The number of hydrazine groups is 1. The SMILES string of the molecule is COc1ccc2cc(CN(C)C(=O)COC(=O)c3ccc(N4NC(=O)CCC4=O)cc3)ccc2c1. The molecule has 3 amide bonds. The van der Waals surface area contributed by atoms with Gasteiger partial charge < -0.3 is 14.4 Å². The summed E-state index contributed by atoms with van der Waals surface area (Å²) >= 11 is 0. The van der Waals surface area contributed by atoms with Crippen molar-refractivity contribution in [3.05, 3.63) is 71.8 Å². The number of nitrogens with zero attached hydrogens (tertiary/aromatic N) is 2. The van der Waals surface area contributed by atoms with Crippen LogP contribution in [0.1, 0.15) is 28.8 Å². The van der Waals surface area contributed by atoms with E-state index >= 15 is 0 Å². The molecule has 0 atom stereocenters. The van der Waals surface area contributed by atoms with Crippen LogP contribution in [-0.4, -0.2) is 49.4 Å². The maximum Gasteiger partial charge on any atom is 0.338 e. The van der Waals surface area contributed by atoms with Crippen molar-refractivity contribution in [1.29, 1.82) is 0 Å². The predicted molar refractivity (Wildman–Crippen MR) is 129 cm³/mol. The second kappa shape index (κ2) is 10.3. The summed E-state index contributed by atoms with van der Waals surface area (Å²) in [5, 5.41) is 3.22. The number of methoxy groups -OCH3 is 1. The summed E-state index contributed by atoms with van der Waals surface area (Å²) in [6, 6.07) is 17.7. The summed E-state index contributed by atoms with van der Waals surface area (Å²) in [7, 11) is 3.27. The van der Waals surface area contributed by atoms with Gasteiger partial charge in [0.25, 0.3) is 5.91 Å². The Morgan fingerprint density at radius 2 is 1.69 bits per heavy atom. The number of esters is 1. The fourth-order valence-corrected chi connectivity index (χ4v) is 3.71. The Balaban J connectivity index is 1.31. The molecule has 0 aromatic heterocycles. The molecule has 0 aliphatic carbocycles. The van der Waals surface area contributed by atoms with Crippen molar-refractivity contribution in [1.82, 2.24) is 10.3 Å². The summed E-state index contributed by atoms with van der Waals surface area (Å²) in [6.45, 7) is -0.0365. The third-order valence-electron chi connectivity index (χ3n) is 5.70. The molecular weight excluding hydrogens is 450 g/mol. The number of hydrogen-bond acceptors (Lipinski definition) is 6. The molecule has 1 fully saturated rings. The number of benzene rings is 3. The van der Waals surface area contributed by atoms with Gasteiger partial charge in [0, 0.05) is 26.4 Å². The second-order valence-corrected chi connectivity index (χ2v) is 8.18. The van der Waals surface area contributed by atoms with Crippen LogP contribution in [0.3, 0.4) is 0 Å². The number of likely N-dealkylation sites (N-methyl/N-ethyl adjacent to an activating group) is 1. The van der Waals surface area contributed by atoms with Crippen LogP contribution < -0.4 is 15.2 Å². The monoisotopic (exact) mass is 475 g/mol. The number of fused-ring (bicyclic) bond motifs is 1. The first-order chi connectivity index (χ1) is 16.8. The van der Waals surface area contributed by atoms with E-state index in [1.54, 1.807) is 14.2 Å². The average molecular weight is 476 g/mol. The Hall–Kier alpha value is -4.40. The lowest BCUT2D eigenvalue weighted by molar-refractivity contribution is -0.133. The van der Waals surface area contributed by atoms with Gasteiger partial charge in [-0.15, -0.1) is 0 Å². The van der Waals surface area contributed by atoms with Gasteiger partial charge in [0.2, 0.25) is 11.8 Å². The predicted octanol–water partition coefficient (Wildman–Crippen LogP) is 2.82. The molecule has 0 unspecified atom stereocenters. The molecule has 1 N–H and O–H groups in total. The summed E-state index contributed by atoms with van der Waals surface area (Å²) in [6.07, 6.45) is 0.275. The van der Waals surface area contributed by atoms with Crippen molar-refractivity contribution in [2.75, 3.05) is 25.8 Å². The lowest BCUT2D eigenvalue weighted by atomic mass is 10.1. The molecule has 3 aromatic rings. The molecule has 180 valence electrons. The lowest BCUT2D eigenvalue weighted by Crippen LogP contribution is -2.50. The van der Waals surface area contributed by atoms with Crippen LogP contribution >= 0.6 is 0 Å². The molecule has 0 saturated carbocycles. The fraction of sp³-hybridized carbons (Fsp3) is 0.231. The molecule has 0 spiro atoms. The minimum absolute atomic E-state index is 0.124. The van der Waals surface area contributed by atoms with E-state index in [4.69, 9.17) is 9.47 Å². The first-order valence-corrected chi connectivity index (χ1v) is 11.0. The standard InChI is InChI=1S/C26H25N3O6/c1-28(15-17-3-4-20-14-22(34-2)10-7-19(20)13-17)25(32)16-35-26(33)18-5-8-21(9-6-18)29-24(31)12-11-23(30)27-29/h3-10,13-14H,11-12,15-16H2,1-2H3,(H,27,30). The van der Waals surface area contributed by atoms with Crippen LogP contribution in [0.2, 0.25) is 0 Å². The maximum absolute atomic E-state index is 12.5. The summed E-state index contributed by atoms with van der Waals surface area (Å²) in [5.41, 5.74) is 4.10. The minimum Gasteiger partial charge on any atom is -0.497 e. The highest BCUT2D eigenvalue weighted by Gasteiger charge is 2.24.